The van der Waals surface area contributed by atoms with Crippen LogP contribution >= 0.6 is 0 Å². The fourth-order valence-electron chi connectivity index (χ4n) is 4.19. The van der Waals surface area contributed by atoms with Crippen LogP contribution in [0.4, 0.5) is 4.79 Å². The van der Waals surface area contributed by atoms with Gasteiger partial charge in [0, 0.05) is 0 Å². The molecule has 0 aromatic carbocycles. The van der Waals surface area contributed by atoms with Crippen molar-refractivity contribution in [3.05, 3.63) is 11.6 Å². The molecule has 2 fully saturated rings. The summed E-state index contributed by atoms with van der Waals surface area (Å²) in [4.78, 5) is 23.6. The van der Waals surface area contributed by atoms with Crippen molar-refractivity contribution in [1.29, 1.82) is 0 Å². The molecule has 2 saturated carbocycles. The zero-order valence-corrected chi connectivity index (χ0v) is 11.7. The molecule has 0 radical (unpaired) electrons. The SMILES string of the molecule is CCCCOC(=O)NC1C2=CC3CC2CC1(C(=O)O)C3. The number of aliphatic carboxylic acids is 1. The minimum Gasteiger partial charge on any atom is -0.481 e. The summed E-state index contributed by atoms with van der Waals surface area (Å²) in [6.45, 7) is 2.42. The quantitative estimate of drug-likeness (QED) is 0.598. The van der Waals surface area contributed by atoms with E-state index in [1.54, 1.807) is 0 Å². The minimum atomic E-state index is -0.804. The van der Waals surface area contributed by atoms with Gasteiger partial charge in [-0.15, -0.1) is 0 Å². The van der Waals surface area contributed by atoms with Gasteiger partial charge in [0.2, 0.25) is 0 Å². The molecule has 0 heterocycles. The molecule has 4 aliphatic rings. The number of allylic oxidation sites excluding steroid dienone is 1. The van der Waals surface area contributed by atoms with Crippen LogP contribution < -0.4 is 5.32 Å². The lowest BCUT2D eigenvalue weighted by atomic mass is 9.69. The molecule has 4 atom stereocenters. The molecule has 0 aromatic heterocycles. The molecular formula is C15H21NO4. The summed E-state index contributed by atoms with van der Waals surface area (Å²) in [5.41, 5.74) is 0.317. The third-order valence-electron chi connectivity index (χ3n) is 5.03. The van der Waals surface area contributed by atoms with Crippen LogP contribution in [0.15, 0.2) is 11.6 Å². The fourth-order valence-corrected chi connectivity index (χ4v) is 4.19. The van der Waals surface area contributed by atoms with E-state index >= 15 is 0 Å². The van der Waals surface area contributed by atoms with Gasteiger partial charge in [0.05, 0.1) is 18.1 Å². The van der Waals surface area contributed by atoms with Crippen molar-refractivity contribution >= 4 is 12.1 Å². The van der Waals surface area contributed by atoms with Crippen molar-refractivity contribution in [3.8, 4) is 0 Å². The standard InChI is InChI=1S/C15H21NO4/c1-2-3-4-20-14(19)16-12-11-6-9-5-10(11)8-15(12,7-9)13(17)18/h6,9-10,12H,2-5,7-8H2,1H3,(H,16,19)(H,17,18). The number of rotatable bonds is 5. The second-order valence-electron chi connectivity index (χ2n) is 6.30. The minimum absolute atomic E-state index is 0.339. The van der Waals surface area contributed by atoms with Gasteiger partial charge in [0.1, 0.15) is 0 Å². The number of amides is 1. The van der Waals surface area contributed by atoms with Crippen LogP contribution in [0.5, 0.6) is 0 Å². The molecule has 20 heavy (non-hydrogen) atoms. The summed E-state index contributed by atoms with van der Waals surface area (Å²) >= 11 is 0. The highest BCUT2D eigenvalue weighted by Gasteiger charge is 2.62. The number of carboxylic acid groups (broad SMARTS) is 1. The van der Waals surface area contributed by atoms with Crippen molar-refractivity contribution in [1.82, 2.24) is 5.32 Å². The monoisotopic (exact) mass is 279 g/mol. The van der Waals surface area contributed by atoms with Gasteiger partial charge in [-0.3, -0.25) is 4.79 Å². The molecule has 4 bridgehead atoms. The second-order valence-corrected chi connectivity index (χ2v) is 6.30. The van der Waals surface area contributed by atoms with Crippen molar-refractivity contribution in [2.24, 2.45) is 17.3 Å². The molecule has 2 N–H and O–H groups in total. The summed E-state index contributed by atoms with van der Waals surface area (Å²) < 4.78 is 5.11. The van der Waals surface area contributed by atoms with Crippen molar-refractivity contribution in [3.63, 3.8) is 0 Å². The van der Waals surface area contributed by atoms with Crippen LogP contribution in [0.25, 0.3) is 0 Å². The number of carbonyl (C=O) groups excluding carboxylic acids is 1. The largest absolute Gasteiger partial charge is 0.481 e. The number of carbonyl (C=O) groups is 2. The van der Waals surface area contributed by atoms with E-state index in [4.69, 9.17) is 4.74 Å². The third kappa shape index (κ3) is 1.91. The van der Waals surface area contributed by atoms with Crippen LogP contribution in [-0.4, -0.2) is 29.8 Å². The van der Waals surface area contributed by atoms with Gasteiger partial charge in [-0.05, 0) is 43.1 Å². The van der Waals surface area contributed by atoms with Crippen LogP contribution in [0.1, 0.15) is 39.0 Å². The predicted molar refractivity (Wildman–Crippen MR) is 72.2 cm³/mol. The smallest absolute Gasteiger partial charge is 0.407 e. The maximum atomic E-state index is 11.8. The Hall–Kier alpha value is -1.52. The van der Waals surface area contributed by atoms with Gasteiger partial charge in [-0.1, -0.05) is 19.4 Å². The van der Waals surface area contributed by atoms with E-state index in [1.165, 1.54) is 0 Å². The predicted octanol–water partition coefficient (Wildman–Crippen LogP) is 2.32. The Kier molecular flexibility index (Phi) is 3.22. The highest BCUT2D eigenvalue weighted by Crippen LogP contribution is 2.61. The molecule has 0 aliphatic heterocycles. The lowest BCUT2D eigenvalue weighted by Gasteiger charge is -2.37. The first-order valence-electron chi connectivity index (χ1n) is 7.45. The molecule has 110 valence electrons. The number of unbranched alkanes of at least 4 members (excludes halogenated alkanes) is 1. The molecule has 5 heteroatoms. The molecule has 4 aliphatic carbocycles. The van der Waals surface area contributed by atoms with Gasteiger partial charge in [0.15, 0.2) is 0 Å². The Morgan fingerprint density at radius 1 is 1.50 bits per heavy atom. The van der Waals surface area contributed by atoms with E-state index in [2.05, 4.69) is 11.4 Å². The zero-order chi connectivity index (χ0) is 14.3. The van der Waals surface area contributed by atoms with E-state index < -0.39 is 17.5 Å². The second kappa shape index (κ2) is 4.79. The maximum absolute atomic E-state index is 11.8. The lowest BCUT2D eigenvalue weighted by molar-refractivity contribution is -0.152. The zero-order valence-electron chi connectivity index (χ0n) is 11.7. The Balaban J connectivity index is 1.72. The van der Waals surface area contributed by atoms with Crippen molar-refractivity contribution in [2.75, 3.05) is 6.61 Å². The van der Waals surface area contributed by atoms with Gasteiger partial charge < -0.3 is 15.2 Å². The summed E-state index contributed by atoms with van der Waals surface area (Å²) in [5.74, 6) is -0.0611. The summed E-state index contributed by atoms with van der Waals surface area (Å²) in [7, 11) is 0. The summed E-state index contributed by atoms with van der Waals surface area (Å²) in [6.07, 6.45) is 5.83. The summed E-state index contributed by atoms with van der Waals surface area (Å²) in [6, 6.07) is -0.377. The molecule has 4 rings (SSSR count). The third-order valence-corrected chi connectivity index (χ3v) is 5.03. The maximum Gasteiger partial charge on any atom is 0.407 e. The van der Waals surface area contributed by atoms with Crippen LogP contribution in [0, 0.1) is 17.3 Å². The van der Waals surface area contributed by atoms with Gasteiger partial charge in [0.25, 0.3) is 0 Å². The van der Waals surface area contributed by atoms with Gasteiger partial charge in [-0.25, -0.2) is 4.79 Å². The van der Waals surface area contributed by atoms with Crippen LogP contribution in [0.2, 0.25) is 0 Å². The number of nitrogens with one attached hydrogen (secondary N) is 1. The Morgan fingerprint density at radius 2 is 2.30 bits per heavy atom. The van der Waals surface area contributed by atoms with Crippen LogP contribution in [-0.2, 0) is 9.53 Å². The number of carboxylic acids is 1. The molecule has 0 saturated heterocycles. The summed E-state index contributed by atoms with van der Waals surface area (Å²) in [5, 5.41) is 12.4. The number of hydrogen-bond acceptors (Lipinski definition) is 3. The number of ether oxygens (including phenoxy) is 1. The van der Waals surface area contributed by atoms with Crippen molar-refractivity contribution < 1.29 is 19.4 Å². The van der Waals surface area contributed by atoms with E-state index in [-0.39, 0.29) is 6.04 Å². The van der Waals surface area contributed by atoms with E-state index in [9.17, 15) is 14.7 Å². The van der Waals surface area contributed by atoms with Crippen molar-refractivity contribution in [2.45, 2.75) is 45.1 Å². The molecule has 1 amide bonds. The van der Waals surface area contributed by atoms with E-state index in [0.29, 0.717) is 31.3 Å². The number of hydrogen-bond donors (Lipinski definition) is 2. The highest BCUT2D eigenvalue weighted by atomic mass is 16.5. The molecule has 0 aromatic rings. The Labute approximate surface area is 118 Å². The highest BCUT2D eigenvalue weighted by molar-refractivity contribution is 5.81. The number of alkyl carbamates (subject to hydrolysis) is 1. The van der Waals surface area contributed by atoms with E-state index in [1.807, 2.05) is 6.92 Å². The van der Waals surface area contributed by atoms with Crippen LogP contribution in [0.3, 0.4) is 0 Å². The Bertz CT molecular complexity index is 468. The first-order chi connectivity index (χ1) is 9.56. The molecular weight excluding hydrogens is 258 g/mol. The van der Waals surface area contributed by atoms with Gasteiger partial charge >= 0.3 is 12.1 Å². The first-order valence-corrected chi connectivity index (χ1v) is 7.45. The van der Waals surface area contributed by atoms with E-state index in [0.717, 1.165) is 24.8 Å². The molecule has 4 unspecified atom stereocenters. The average molecular weight is 279 g/mol. The topological polar surface area (TPSA) is 75.6 Å². The van der Waals surface area contributed by atoms with Gasteiger partial charge in [-0.2, -0.15) is 0 Å². The molecule has 0 spiro atoms. The lowest BCUT2D eigenvalue weighted by Crippen LogP contribution is -2.51. The molecule has 5 nitrogen and oxygen atoms in total. The first kappa shape index (κ1) is 13.5. The normalized spacial score (nSPS) is 36.9. The average Bonchev–Trinajstić information content (AvgIpc) is 2.80. The Morgan fingerprint density at radius 3 is 3.00 bits per heavy atom. The fraction of sp³-hybridized carbons (Fsp3) is 0.733.